The lowest BCUT2D eigenvalue weighted by Gasteiger charge is -2.17. The molecular weight excluding hydrogens is 340 g/mol. The predicted molar refractivity (Wildman–Crippen MR) is 96.8 cm³/mol. The summed E-state index contributed by atoms with van der Waals surface area (Å²) in [6.07, 6.45) is 4.37. The van der Waals surface area contributed by atoms with Gasteiger partial charge in [0, 0.05) is 11.4 Å². The van der Waals surface area contributed by atoms with Crippen molar-refractivity contribution in [2.75, 3.05) is 13.1 Å². The SMILES string of the molecule is CCNC(=O)CNC(=O)Cn1cnc2sc3c(c2c1=O)CC[C@@H](C)C3. The third kappa shape index (κ3) is 3.73. The molecule has 0 fully saturated rings. The molecule has 1 aliphatic carbocycles. The Morgan fingerprint density at radius 2 is 2.16 bits per heavy atom. The lowest BCUT2D eigenvalue weighted by atomic mass is 9.89. The van der Waals surface area contributed by atoms with E-state index in [4.69, 9.17) is 0 Å². The summed E-state index contributed by atoms with van der Waals surface area (Å²) < 4.78 is 1.32. The van der Waals surface area contributed by atoms with Crippen LogP contribution in [0.2, 0.25) is 0 Å². The molecule has 2 aromatic rings. The van der Waals surface area contributed by atoms with Crippen LogP contribution in [0.15, 0.2) is 11.1 Å². The summed E-state index contributed by atoms with van der Waals surface area (Å²) in [4.78, 5) is 42.6. The third-order valence-corrected chi connectivity index (χ3v) is 5.58. The van der Waals surface area contributed by atoms with E-state index in [9.17, 15) is 14.4 Å². The second-order valence-electron chi connectivity index (χ2n) is 6.44. The molecule has 0 saturated carbocycles. The fraction of sp³-hybridized carbons (Fsp3) is 0.529. The highest BCUT2D eigenvalue weighted by molar-refractivity contribution is 7.18. The maximum atomic E-state index is 12.8. The van der Waals surface area contributed by atoms with Crippen molar-refractivity contribution in [3.05, 3.63) is 27.1 Å². The van der Waals surface area contributed by atoms with Crippen molar-refractivity contribution in [2.45, 2.75) is 39.7 Å². The Morgan fingerprint density at radius 1 is 1.36 bits per heavy atom. The van der Waals surface area contributed by atoms with Crippen LogP contribution in [0.1, 0.15) is 30.7 Å². The van der Waals surface area contributed by atoms with Gasteiger partial charge in [-0.25, -0.2) is 4.98 Å². The molecule has 0 spiro atoms. The molecule has 1 atom stereocenters. The first kappa shape index (κ1) is 17.6. The number of nitrogens with one attached hydrogen (secondary N) is 2. The van der Waals surface area contributed by atoms with E-state index in [1.807, 2.05) is 6.92 Å². The number of likely N-dealkylation sites (N-methyl/N-ethyl adjacent to an activating group) is 1. The van der Waals surface area contributed by atoms with Crippen LogP contribution in [0.5, 0.6) is 0 Å². The standard InChI is InChI=1S/C17H22N4O3S/c1-3-18-13(22)7-19-14(23)8-21-9-20-16-15(17(21)24)11-5-4-10(2)6-12(11)25-16/h9-10H,3-8H2,1-2H3,(H,18,22)(H,19,23)/t10-/m1/s1. The van der Waals surface area contributed by atoms with Crippen LogP contribution >= 0.6 is 11.3 Å². The molecule has 7 nitrogen and oxygen atoms in total. The van der Waals surface area contributed by atoms with Crippen molar-refractivity contribution in [2.24, 2.45) is 5.92 Å². The van der Waals surface area contributed by atoms with Gasteiger partial charge in [-0.1, -0.05) is 6.92 Å². The van der Waals surface area contributed by atoms with Crippen LogP contribution in [-0.2, 0) is 29.0 Å². The van der Waals surface area contributed by atoms with Crippen LogP contribution in [0, 0.1) is 5.92 Å². The van der Waals surface area contributed by atoms with Gasteiger partial charge in [0.2, 0.25) is 11.8 Å². The number of nitrogens with zero attached hydrogens (tertiary/aromatic N) is 2. The molecule has 0 saturated heterocycles. The highest BCUT2D eigenvalue weighted by Gasteiger charge is 2.23. The second kappa shape index (κ2) is 7.35. The normalized spacial score (nSPS) is 16.5. The molecule has 25 heavy (non-hydrogen) atoms. The van der Waals surface area contributed by atoms with E-state index in [1.54, 1.807) is 11.3 Å². The van der Waals surface area contributed by atoms with Crippen molar-refractivity contribution >= 4 is 33.4 Å². The number of carbonyl (C=O) groups is 2. The molecule has 8 heteroatoms. The number of thiophene rings is 1. The zero-order valence-electron chi connectivity index (χ0n) is 14.4. The van der Waals surface area contributed by atoms with Crippen molar-refractivity contribution in [1.29, 1.82) is 0 Å². The minimum absolute atomic E-state index is 0.0944. The van der Waals surface area contributed by atoms with E-state index in [0.717, 1.165) is 29.7 Å². The number of amides is 2. The molecule has 2 aromatic heterocycles. The Hall–Kier alpha value is -2.22. The monoisotopic (exact) mass is 362 g/mol. The summed E-state index contributed by atoms with van der Waals surface area (Å²) in [6, 6.07) is 0. The maximum Gasteiger partial charge on any atom is 0.262 e. The lowest BCUT2D eigenvalue weighted by molar-refractivity contribution is -0.126. The van der Waals surface area contributed by atoms with Crippen molar-refractivity contribution in [3.8, 4) is 0 Å². The van der Waals surface area contributed by atoms with Gasteiger partial charge in [0.05, 0.1) is 18.3 Å². The fourth-order valence-corrected chi connectivity index (χ4v) is 4.47. The first-order chi connectivity index (χ1) is 12.0. The van der Waals surface area contributed by atoms with E-state index in [1.165, 1.54) is 15.8 Å². The molecule has 0 aromatic carbocycles. The number of aryl methyl sites for hydroxylation is 1. The largest absolute Gasteiger partial charge is 0.355 e. The second-order valence-corrected chi connectivity index (χ2v) is 7.52. The van der Waals surface area contributed by atoms with Gasteiger partial charge in [0.25, 0.3) is 5.56 Å². The van der Waals surface area contributed by atoms with E-state index in [2.05, 4.69) is 22.5 Å². The van der Waals surface area contributed by atoms with Crippen LogP contribution in [0.3, 0.4) is 0 Å². The van der Waals surface area contributed by atoms with Gasteiger partial charge >= 0.3 is 0 Å². The molecule has 0 radical (unpaired) electrons. The van der Waals surface area contributed by atoms with Gasteiger partial charge in [-0.05, 0) is 37.7 Å². The zero-order chi connectivity index (χ0) is 18.0. The minimum Gasteiger partial charge on any atom is -0.355 e. The van der Waals surface area contributed by atoms with Crippen LogP contribution in [0.4, 0.5) is 0 Å². The first-order valence-corrected chi connectivity index (χ1v) is 9.34. The fourth-order valence-electron chi connectivity index (χ4n) is 3.13. The molecule has 0 aliphatic heterocycles. The third-order valence-electron chi connectivity index (χ3n) is 4.42. The van der Waals surface area contributed by atoms with Gasteiger partial charge in [-0.3, -0.25) is 19.0 Å². The topological polar surface area (TPSA) is 93.1 Å². The molecule has 134 valence electrons. The summed E-state index contributed by atoms with van der Waals surface area (Å²) in [5, 5.41) is 5.78. The molecule has 1 aliphatic rings. The number of carbonyl (C=O) groups excluding carboxylic acids is 2. The van der Waals surface area contributed by atoms with E-state index in [-0.39, 0.29) is 30.5 Å². The molecule has 2 N–H and O–H groups in total. The number of hydrogen-bond acceptors (Lipinski definition) is 5. The number of fused-ring (bicyclic) bond motifs is 3. The maximum absolute atomic E-state index is 12.8. The van der Waals surface area contributed by atoms with Crippen molar-refractivity contribution in [3.63, 3.8) is 0 Å². The van der Waals surface area contributed by atoms with E-state index in [0.29, 0.717) is 17.8 Å². The first-order valence-electron chi connectivity index (χ1n) is 8.52. The molecular formula is C17H22N4O3S. The van der Waals surface area contributed by atoms with Gasteiger partial charge in [0.1, 0.15) is 11.4 Å². The summed E-state index contributed by atoms with van der Waals surface area (Å²) >= 11 is 1.59. The summed E-state index contributed by atoms with van der Waals surface area (Å²) in [5.41, 5.74) is 0.929. The van der Waals surface area contributed by atoms with Crippen molar-refractivity contribution < 1.29 is 9.59 Å². The quantitative estimate of drug-likeness (QED) is 0.824. The smallest absolute Gasteiger partial charge is 0.262 e. The Kier molecular flexibility index (Phi) is 5.17. The molecule has 2 heterocycles. The molecule has 2 amide bonds. The Balaban J connectivity index is 1.79. The highest BCUT2D eigenvalue weighted by atomic mass is 32.1. The average molecular weight is 362 g/mol. The lowest BCUT2D eigenvalue weighted by Crippen LogP contribution is -2.39. The van der Waals surface area contributed by atoms with Crippen LogP contribution in [-0.4, -0.2) is 34.5 Å². The Labute approximate surface area is 149 Å². The molecule has 3 rings (SSSR count). The van der Waals surface area contributed by atoms with Gasteiger partial charge in [-0.2, -0.15) is 0 Å². The average Bonchev–Trinajstić information content (AvgIpc) is 2.94. The minimum atomic E-state index is -0.382. The van der Waals surface area contributed by atoms with Gasteiger partial charge in [0.15, 0.2) is 0 Å². The number of hydrogen-bond donors (Lipinski definition) is 2. The van der Waals surface area contributed by atoms with Gasteiger partial charge in [-0.15, -0.1) is 11.3 Å². The highest BCUT2D eigenvalue weighted by Crippen LogP contribution is 2.35. The summed E-state index contributed by atoms with van der Waals surface area (Å²) in [5.74, 6) is -0.00662. The summed E-state index contributed by atoms with van der Waals surface area (Å²) in [6.45, 7) is 4.31. The molecule has 0 unspecified atom stereocenters. The van der Waals surface area contributed by atoms with E-state index >= 15 is 0 Å². The number of aromatic nitrogens is 2. The summed E-state index contributed by atoms with van der Waals surface area (Å²) in [7, 11) is 0. The molecule has 0 bridgehead atoms. The van der Waals surface area contributed by atoms with Crippen molar-refractivity contribution in [1.82, 2.24) is 20.2 Å². The Morgan fingerprint density at radius 3 is 2.92 bits per heavy atom. The number of rotatable bonds is 5. The zero-order valence-corrected chi connectivity index (χ0v) is 15.2. The van der Waals surface area contributed by atoms with Crippen LogP contribution < -0.4 is 16.2 Å². The van der Waals surface area contributed by atoms with Gasteiger partial charge < -0.3 is 10.6 Å². The van der Waals surface area contributed by atoms with Crippen LogP contribution in [0.25, 0.3) is 10.2 Å². The Bertz CT molecular complexity index is 871. The van der Waals surface area contributed by atoms with E-state index < -0.39 is 0 Å². The predicted octanol–water partition coefficient (Wildman–Crippen LogP) is 0.835.